The number of benzene rings is 2. The summed E-state index contributed by atoms with van der Waals surface area (Å²) in [6.45, 7) is 0.241. The molecule has 0 aliphatic carbocycles. The zero-order valence-corrected chi connectivity index (χ0v) is 17.4. The van der Waals surface area contributed by atoms with Crippen molar-refractivity contribution >= 4 is 33.9 Å². The Kier molecular flexibility index (Phi) is 6.86. The van der Waals surface area contributed by atoms with Crippen molar-refractivity contribution < 1.29 is 19.0 Å². The maximum absolute atomic E-state index is 13.1. The zero-order valence-electron chi connectivity index (χ0n) is 16.6. The lowest BCUT2D eigenvalue weighted by Crippen LogP contribution is -2.37. The fourth-order valence-electron chi connectivity index (χ4n) is 3.01. The number of methoxy groups -OCH3 is 2. The maximum Gasteiger partial charge on any atom is 0.253 e. The van der Waals surface area contributed by atoms with E-state index in [0.29, 0.717) is 33.4 Å². The molecule has 0 aliphatic rings. The Balaban J connectivity index is 1.88. The van der Waals surface area contributed by atoms with E-state index >= 15 is 0 Å². The van der Waals surface area contributed by atoms with Gasteiger partial charge in [-0.15, -0.1) is 0 Å². The van der Waals surface area contributed by atoms with Crippen molar-refractivity contribution in [2.75, 3.05) is 32.7 Å². The second-order valence-corrected chi connectivity index (χ2v) is 6.89. The highest BCUT2D eigenvalue weighted by Gasteiger charge is 2.15. The van der Waals surface area contributed by atoms with Gasteiger partial charge in [-0.1, -0.05) is 0 Å². The number of pyridine rings is 1. The predicted molar refractivity (Wildman–Crippen MR) is 118 cm³/mol. The Morgan fingerprint density at radius 2 is 1.83 bits per heavy atom. The first kappa shape index (κ1) is 21.5. The fraction of sp³-hybridized carbons (Fsp3) is 0.238. The standard InChI is InChI=1S/C21H22FN3O4S/c1-28-18-10-13-9-14(20(27)24-17(13)11-19(18)29-2)12-25(7-8-26)21(30)23-16-5-3-15(22)4-6-16/h3-6,9-11,26H,7-8,12H2,1-2H3,(H,23,30)(H,24,27). The number of hydrogen-bond donors (Lipinski definition) is 3. The third-order valence-electron chi connectivity index (χ3n) is 4.54. The first-order chi connectivity index (χ1) is 14.4. The van der Waals surface area contributed by atoms with Crippen molar-refractivity contribution in [1.82, 2.24) is 9.88 Å². The molecule has 0 spiro atoms. The molecule has 0 aliphatic heterocycles. The third-order valence-corrected chi connectivity index (χ3v) is 4.90. The molecule has 30 heavy (non-hydrogen) atoms. The largest absolute Gasteiger partial charge is 0.493 e. The zero-order chi connectivity index (χ0) is 21.7. The van der Waals surface area contributed by atoms with Gasteiger partial charge < -0.3 is 29.8 Å². The van der Waals surface area contributed by atoms with Gasteiger partial charge in [-0.05, 0) is 48.6 Å². The van der Waals surface area contributed by atoms with E-state index in [4.69, 9.17) is 21.7 Å². The number of fused-ring (bicyclic) bond motifs is 1. The Hall–Kier alpha value is -3.17. The van der Waals surface area contributed by atoms with E-state index in [9.17, 15) is 14.3 Å². The molecule has 0 fully saturated rings. The SMILES string of the molecule is COc1cc2cc(CN(CCO)C(=S)Nc3ccc(F)cc3)c(=O)[nH]c2cc1OC. The topological polar surface area (TPSA) is 86.8 Å². The van der Waals surface area contributed by atoms with Crippen LogP contribution in [-0.4, -0.2) is 47.5 Å². The molecule has 1 heterocycles. The molecule has 0 radical (unpaired) electrons. The van der Waals surface area contributed by atoms with Gasteiger partial charge in [0.05, 0.1) is 32.9 Å². The number of aliphatic hydroxyl groups excluding tert-OH is 1. The van der Waals surface area contributed by atoms with Crippen LogP contribution in [0.3, 0.4) is 0 Å². The number of thiocarbonyl (C=S) groups is 1. The first-order valence-corrected chi connectivity index (χ1v) is 9.56. The number of H-pyrrole nitrogens is 1. The van der Waals surface area contributed by atoms with Crippen LogP contribution < -0.4 is 20.3 Å². The molecule has 0 bridgehead atoms. The normalized spacial score (nSPS) is 10.7. The summed E-state index contributed by atoms with van der Waals surface area (Å²) in [7, 11) is 3.07. The minimum absolute atomic E-state index is 0.151. The molecule has 1 aromatic heterocycles. The minimum Gasteiger partial charge on any atom is -0.493 e. The van der Waals surface area contributed by atoms with Crippen LogP contribution in [0.25, 0.3) is 10.9 Å². The molecule has 0 saturated heterocycles. The third kappa shape index (κ3) is 4.87. The lowest BCUT2D eigenvalue weighted by molar-refractivity contribution is 0.248. The quantitative estimate of drug-likeness (QED) is 0.496. The van der Waals surface area contributed by atoms with Crippen molar-refractivity contribution in [1.29, 1.82) is 0 Å². The highest BCUT2D eigenvalue weighted by atomic mass is 32.1. The van der Waals surface area contributed by atoms with Crippen LogP contribution >= 0.6 is 12.2 Å². The van der Waals surface area contributed by atoms with Gasteiger partial charge in [0.2, 0.25) is 0 Å². The van der Waals surface area contributed by atoms with E-state index in [-0.39, 0.29) is 31.1 Å². The van der Waals surface area contributed by atoms with Gasteiger partial charge in [-0.3, -0.25) is 4.79 Å². The average molecular weight is 431 g/mol. The summed E-state index contributed by atoms with van der Waals surface area (Å²) in [6.07, 6.45) is 0. The Morgan fingerprint density at radius 3 is 2.47 bits per heavy atom. The summed E-state index contributed by atoms with van der Waals surface area (Å²) in [4.78, 5) is 17.1. The molecule has 0 unspecified atom stereocenters. The van der Waals surface area contributed by atoms with Gasteiger partial charge in [-0.25, -0.2) is 4.39 Å². The van der Waals surface area contributed by atoms with E-state index in [0.717, 1.165) is 5.39 Å². The Morgan fingerprint density at radius 1 is 1.17 bits per heavy atom. The Labute approximate surface area is 178 Å². The van der Waals surface area contributed by atoms with Gasteiger partial charge >= 0.3 is 0 Å². The maximum atomic E-state index is 13.1. The summed E-state index contributed by atoms with van der Waals surface area (Å²) in [5.74, 6) is 0.706. The average Bonchev–Trinajstić information content (AvgIpc) is 2.74. The van der Waals surface area contributed by atoms with E-state index in [1.165, 1.54) is 19.2 Å². The van der Waals surface area contributed by atoms with Crippen LogP contribution in [-0.2, 0) is 6.54 Å². The number of hydrogen-bond acceptors (Lipinski definition) is 5. The summed E-state index contributed by atoms with van der Waals surface area (Å²) in [5.41, 5.74) is 1.41. The lowest BCUT2D eigenvalue weighted by atomic mass is 10.1. The van der Waals surface area contributed by atoms with E-state index in [1.807, 2.05) is 0 Å². The van der Waals surface area contributed by atoms with E-state index in [1.54, 1.807) is 42.3 Å². The summed E-state index contributed by atoms with van der Waals surface area (Å²) in [6, 6.07) is 11.0. The van der Waals surface area contributed by atoms with Crippen LogP contribution in [0.15, 0.2) is 47.3 Å². The molecule has 0 atom stereocenters. The number of rotatable bonds is 7. The second-order valence-electron chi connectivity index (χ2n) is 6.50. The highest BCUT2D eigenvalue weighted by Crippen LogP contribution is 2.31. The highest BCUT2D eigenvalue weighted by molar-refractivity contribution is 7.80. The van der Waals surface area contributed by atoms with Gasteiger partial charge in [0, 0.05) is 29.2 Å². The molecule has 2 aromatic carbocycles. The van der Waals surface area contributed by atoms with Crippen molar-refractivity contribution in [2.24, 2.45) is 0 Å². The monoisotopic (exact) mass is 431 g/mol. The van der Waals surface area contributed by atoms with Crippen molar-refractivity contribution in [3.8, 4) is 11.5 Å². The van der Waals surface area contributed by atoms with E-state index < -0.39 is 0 Å². The van der Waals surface area contributed by atoms with Crippen molar-refractivity contribution in [3.63, 3.8) is 0 Å². The molecule has 0 saturated carbocycles. The number of aromatic amines is 1. The fourth-order valence-corrected chi connectivity index (χ4v) is 3.28. The molecule has 3 N–H and O–H groups in total. The number of halogens is 1. The minimum atomic E-state index is -0.353. The van der Waals surface area contributed by atoms with Gasteiger partial charge in [0.15, 0.2) is 16.6 Å². The van der Waals surface area contributed by atoms with Crippen molar-refractivity contribution in [2.45, 2.75) is 6.54 Å². The van der Waals surface area contributed by atoms with Gasteiger partial charge in [0.25, 0.3) is 5.56 Å². The smallest absolute Gasteiger partial charge is 0.253 e. The number of ether oxygens (including phenoxy) is 2. The molecular formula is C21H22FN3O4S. The number of nitrogens with one attached hydrogen (secondary N) is 2. The number of aromatic nitrogens is 1. The van der Waals surface area contributed by atoms with Crippen molar-refractivity contribution in [3.05, 3.63) is 64.2 Å². The molecule has 158 valence electrons. The molecule has 0 amide bonds. The summed E-state index contributed by atoms with van der Waals surface area (Å²) < 4.78 is 23.7. The lowest BCUT2D eigenvalue weighted by Gasteiger charge is -2.25. The first-order valence-electron chi connectivity index (χ1n) is 9.15. The number of nitrogens with zero attached hydrogens (tertiary/aromatic N) is 1. The molecular weight excluding hydrogens is 409 g/mol. The molecule has 7 nitrogen and oxygen atoms in total. The van der Waals surface area contributed by atoms with Gasteiger partial charge in [0.1, 0.15) is 5.82 Å². The summed E-state index contributed by atoms with van der Waals surface area (Å²) >= 11 is 5.43. The summed E-state index contributed by atoms with van der Waals surface area (Å²) in [5, 5.41) is 13.5. The van der Waals surface area contributed by atoms with Gasteiger partial charge in [-0.2, -0.15) is 0 Å². The molecule has 3 rings (SSSR count). The molecule has 3 aromatic rings. The molecule has 9 heteroatoms. The van der Waals surface area contributed by atoms with Crippen LogP contribution in [0.5, 0.6) is 11.5 Å². The second kappa shape index (κ2) is 9.55. The van der Waals surface area contributed by atoms with Crippen LogP contribution in [0.1, 0.15) is 5.56 Å². The number of anilines is 1. The van der Waals surface area contributed by atoms with Crippen LogP contribution in [0, 0.1) is 5.82 Å². The number of aliphatic hydroxyl groups is 1. The Bertz CT molecular complexity index is 1100. The predicted octanol–water partition coefficient (Wildman–Crippen LogP) is 2.88. The van der Waals surface area contributed by atoms with Crippen LogP contribution in [0.4, 0.5) is 10.1 Å². The van der Waals surface area contributed by atoms with Crippen LogP contribution in [0.2, 0.25) is 0 Å². The van der Waals surface area contributed by atoms with E-state index in [2.05, 4.69) is 10.3 Å².